The Bertz CT molecular complexity index is 486. The minimum atomic E-state index is -0.474. The number of hydrogen-bond acceptors (Lipinski definition) is 2. The van der Waals surface area contributed by atoms with Gasteiger partial charge in [-0.1, -0.05) is 45.7 Å². The van der Waals surface area contributed by atoms with Gasteiger partial charge in [-0.2, -0.15) is 5.26 Å². The van der Waals surface area contributed by atoms with Crippen molar-refractivity contribution in [1.82, 2.24) is 0 Å². The molecule has 1 aromatic rings. The van der Waals surface area contributed by atoms with Gasteiger partial charge in [0.25, 0.3) is 0 Å². The van der Waals surface area contributed by atoms with Gasteiger partial charge in [0.15, 0.2) is 0 Å². The lowest BCUT2D eigenvalue weighted by Gasteiger charge is -2.45. The van der Waals surface area contributed by atoms with E-state index in [0.29, 0.717) is 11.5 Å². The Hall–Kier alpha value is -1.33. The second-order valence-corrected chi connectivity index (χ2v) is 6.57. The maximum absolute atomic E-state index is 10.8. The first-order valence-electron chi connectivity index (χ1n) is 7.14. The van der Waals surface area contributed by atoms with Gasteiger partial charge in [0, 0.05) is 0 Å². The second kappa shape index (κ2) is 5.35. The maximum Gasteiger partial charge on any atom is 0.0991 e. The van der Waals surface area contributed by atoms with Gasteiger partial charge in [-0.05, 0) is 41.4 Å². The van der Waals surface area contributed by atoms with Gasteiger partial charge in [0.2, 0.25) is 0 Å². The molecule has 0 spiro atoms. The van der Waals surface area contributed by atoms with Crippen LogP contribution in [0.1, 0.15) is 57.3 Å². The highest BCUT2D eigenvalue weighted by molar-refractivity contribution is 5.34. The predicted molar refractivity (Wildman–Crippen MR) is 76.4 cm³/mol. The summed E-state index contributed by atoms with van der Waals surface area (Å²) in [6, 6.07) is 9.54. The third-order valence-electron chi connectivity index (χ3n) is 4.69. The highest BCUT2D eigenvalue weighted by atomic mass is 16.3. The minimum Gasteiger partial charge on any atom is -0.388 e. The number of benzene rings is 1. The molecule has 19 heavy (non-hydrogen) atoms. The number of hydrogen-bond donors (Lipinski definition) is 1. The molecule has 0 heterocycles. The molecule has 1 saturated carbocycles. The zero-order chi connectivity index (χ0) is 14.0. The first-order chi connectivity index (χ1) is 8.95. The van der Waals surface area contributed by atoms with Crippen molar-refractivity contribution in [2.45, 2.75) is 46.1 Å². The molecular formula is C17H23NO. The average Bonchev–Trinajstić information content (AvgIpc) is 2.37. The quantitative estimate of drug-likeness (QED) is 0.868. The van der Waals surface area contributed by atoms with Crippen molar-refractivity contribution in [3.8, 4) is 6.07 Å². The molecule has 0 aliphatic heterocycles. The number of rotatable bonds is 2. The van der Waals surface area contributed by atoms with E-state index >= 15 is 0 Å². The van der Waals surface area contributed by atoms with Crippen LogP contribution in [-0.4, -0.2) is 5.11 Å². The summed E-state index contributed by atoms with van der Waals surface area (Å²) in [7, 11) is 0. The van der Waals surface area contributed by atoms with Crippen LogP contribution in [0.4, 0.5) is 0 Å². The monoisotopic (exact) mass is 257 g/mol. The van der Waals surface area contributed by atoms with E-state index in [9.17, 15) is 5.11 Å². The SMILES string of the molecule is C[C@H]1CCCC(C)(C)[C@@H]1[C@@H](O)c1cccc(C#N)c1. The fourth-order valence-corrected chi connectivity index (χ4v) is 3.73. The van der Waals surface area contributed by atoms with Crippen LogP contribution in [0.2, 0.25) is 0 Å². The number of aliphatic hydroxyl groups excluding tert-OH is 1. The first kappa shape index (κ1) is 14.1. The van der Waals surface area contributed by atoms with E-state index in [1.807, 2.05) is 18.2 Å². The molecule has 1 aromatic carbocycles. The van der Waals surface area contributed by atoms with Crippen LogP contribution in [0.25, 0.3) is 0 Å². The summed E-state index contributed by atoms with van der Waals surface area (Å²) in [6.45, 7) is 6.75. The van der Waals surface area contributed by atoms with Crippen molar-refractivity contribution in [2.75, 3.05) is 0 Å². The largest absolute Gasteiger partial charge is 0.388 e. The van der Waals surface area contributed by atoms with E-state index in [4.69, 9.17) is 5.26 Å². The molecule has 1 aliphatic rings. The van der Waals surface area contributed by atoms with E-state index in [0.717, 1.165) is 12.0 Å². The third kappa shape index (κ3) is 2.82. The van der Waals surface area contributed by atoms with Gasteiger partial charge in [0.1, 0.15) is 0 Å². The normalized spacial score (nSPS) is 27.5. The lowest BCUT2D eigenvalue weighted by molar-refractivity contribution is -0.0292. The van der Waals surface area contributed by atoms with Gasteiger partial charge in [-0.15, -0.1) is 0 Å². The molecule has 1 fully saturated rings. The van der Waals surface area contributed by atoms with E-state index in [2.05, 4.69) is 26.8 Å². The van der Waals surface area contributed by atoms with E-state index in [1.54, 1.807) is 6.07 Å². The summed E-state index contributed by atoms with van der Waals surface area (Å²) in [5.41, 5.74) is 1.66. The van der Waals surface area contributed by atoms with Crippen molar-refractivity contribution in [2.24, 2.45) is 17.3 Å². The number of nitrogens with zero attached hydrogens (tertiary/aromatic N) is 1. The van der Waals surface area contributed by atoms with Crippen molar-refractivity contribution in [3.05, 3.63) is 35.4 Å². The summed E-state index contributed by atoms with van der Waals surface area (Å²) in [5.74, 6) is 0.777. The van der Waals surface area contributed by atoms with Crippen molar-refractivity contribution in [3.63, 3.8) is 0 Å². The first-order valence-corrected chi connectivity index (χ1v) is 7.14. The average molecular weight is 257 g/mol. The fourth-order valence-electron chi connectivity index (χ4n) is 3.73. The molecule has 2 heteroatoms. The Morgan fingerprint density at radius 3 is 2.79 bits per heavy atom. The highest BCUT2D eigenvalue weighted by Crippen LogP contribution is 2.49. The Morgan fingerprint density at radius 2 is 2.16 bits per heavy atom. The van der Waals surface area contributed by atoms with Crippen LogP contribution in [0.5, 0.6) is 0 Å². The highest BCUT2D eigenvalue weighted by Gasteiger charge is 2.41. The molecule has 0 saturated heterocycles. The van der Waals surface area contributed by atoms with E-state index < -0.39 is 6.10 Å². The summed E-state index contributed by atoms with van der Waals surface area (Å²) < 4.78 is 0. The second-order valence-electron chi connectivity index (χ2n) is 6.57. The van der Waals surface area contributed by atoms with E-state index in [-0.39, 0.29) is 11.3 Å². The number of aliphatic hydroxyl groups is 1. The van der Waals surface area contributed by atoms with Crippen LogP contribution in [0.3, 0.4) is 0 Å². The molecule has 1 N–H and O–H groups in total. The summed E-state index contributed by atoms with van der Waals surface area (Å²) in [4.78, 5) is 0. The van der Waals surface area contributed by atoms with Gasteiger partial charge in [-0.3, -0.25) is 0 Å². The van der Waals surface area contributed by atoms with Gasteiger partial charge in [0.05, 0.1) is 17.7 Å². The van der Waals surface area contributed by atoms with Crippen LogP contribution in [0.15, 0.2) is 24.3 Å². The molecule has 0 amide bonds. The Kier molecular flexibility index (Phi) is 3.96. The number of nitriles is 1. The summed E-state index contributed by atoms with van der Waals surface area (Å²) in [6.07, 6.45) is 3.12. The molecule has 0 unspecified atom stereocenters. The van der Waals surface area contributed by atoms with Crippen LogP contribution < -0.4 is 0 Å². The Balaban J connectivity index is 2.31. The zero-order valence-electron chi connectivity index (χ0n) is 12.1. The smallest absolute Gasteiger partial charge is 0.0991 e. The van der Waals surface area contributed by atoms with Gasteiger partial charge < -0.3 is 5.11 Å². The molecule has 0 radical (unpaired) electrons. The molecule has 2 nitrogen and oxygen atoms in total. The predicted octanol–water partition coefficient (Wildman–Crippen LogP) is 4.05. The fraction of sp³-hybridized carbons (Fsp3) is 0.588. The van der Waals surface area contributed by atoms with Crippen LogP contribution in [0, 0.1) is 28.6 Å². The zero-order valence-corrected chi connectivity index (χ0v) is 12.1. The molecule has 0 aromatic heterocycles. The van der Waals surface area contributed by atoms with Crippen LogP contribution >= 0.6 is 0 Å². The van der Waals surface area contributed by atoms with Crippen LogP contribution in [-0.2, 0) is 0 Å². The van der Waals surface area contributed by atoms with Crippen molar-refractivity contribution < 1.29 is 5.11 Å². The minimum absolute atomic E-state index is 0.153. The summed E-state index contributed by atoms with van der Waals surface area (Å²) >= 11 is 0. The molecular weight excluding hydrogens is 234 g/mol. The van der Waals surface area contributed by atoms with Gasteiger partial charge >= 0.3 is 0 Å². The van der Waals surface area contributed by atoms with E-state index in [1.165, 1.54) is 12.8 Å². The maximum atomic E-state index is 10.8. The molecule has 102 valence electrons. The van der Waals surface area contributed by atoms with Crippen molar-refractivity contribution >= 4 is 0 Å². The third-order valence-corrected chi connectivity index (χ3v) is 4.69. The molecule has 3 atom stereocenters. The molecule has 0 bridgehead atoms. The summed E-state index contributed by atoms with van der Waals surface area (Å²) in [5, 5.41) is 19.7. The van der Waals surface area contributed by atoms with Gasteiger partial charge in [-0.25, -0.2) is 0 Å². The topological polar surface area (TPSA) is 44.0 Å². The Labute approximate surface area is 116 Å². The standard InChI is InChI=1S/C17H23NO/c1-12-6-5-9-17(2,3)15(12)16(19)14-8-4-7-13(10-14)11-18/h4,7-8,10,12,15-16,19H,5-6,9H2,1-3H3/t12-,15-,16-/m0/s1. The lowest BCUT2D eigenvalue weighted by atomic mass is 9.61. The molecule has 1 aliphatic carbocycles. The lowest BCUT2D eigenvalue weighted by Crippen LogP contribution is -2.37. The van der Waals surface area contributed by atoms with Crippen molar-refractivity contribution in [1.29, 1.82) is 5.26 Å². The Morgan fingerprint density at radius 1 is 1.42 bits per heavy atom. The molecule has 2 rings (SSSR count).